The molecule has 3 aromatic carbocycles. The van der Waals surface area contributed by atoms with E-state index < -0.39 is 8.07 Å². The Bertz CT molecular complexity index is 1060. The van der Waals surface area contributed by atoms with Gasteiger partial charge in [-0.05, 0) is 51.4 Å². The van der Waals surface area contributed by atoms with Crippen molar-refractivity contribution >= 4 is 23.6 Å². The van der Waals surface area contributed by atoms with E-state index in [1.165, 1.54) is 26.7 Å². The standard InChI is InChI=1S/C30H36N2Si/c1-24(2)20-26-10-14-29(15-11-26)33(23-32-19-18-31-22-32,28-8-6-5-7-9-28)30-16-12-27(13-17-30)21-25(3)4/h5-19,22,24-25H,20-21,23H2,1-4H3. The molecule has 0 aliphatic carbocycles. The highest BCUT2D eigenvalue weighted by atomic mass is 28.3. The molecule has 1 heterocycles. The minimum absolute atomic E-state index is 0.659. The van der Waals surface area contributed by atoms with Crippen molar-refractivity contribution in [3.8, 4) is 0 Å². The molecule has 2 nitrogen and oxygen atoms in total. The molecule has 33 heavy (non-hydrogen) atoms. The van der Waals surface area contributed by atoms with Crippen LogP contribution in [0.5, 0.6) is 0 Å². The summed E-state index contributed by atoms with van der Waals surface area (Å²) >= 11 is 0. The first kappa shape index (κ1) is 23.3. The van der Waals surface area contributed by atoms with Crippen molar-refractivity contribution < 1.29 is 0 Å². The van der Waals surface area contributed by atoms with Crippen molar-refractivity contribution in [2.24, 2.45) is 11.8 Å². The lowest BCUT2D eigenvalue weighted by molar-refractivity contribution is 0.647. The lowest BCUT2D eigenvalue weighted by atomic mass is 10.0. The number of nitrogens with zero attached hydrogens (tertiary/aromatic N) is 2. The monoisotopic (exact) mass is 452 g/mol. The van der Waals surface area contributed by atoms with Crippen molar-refractivity contribution in [3.63, 3.8) is 0 Å². The molecule has 0 bridgehead atoms. The highest BCUT2D eigenvalue weighted by Crippen LogP contribution is 2.15. The maximum Gasteiger partial charge on any atom is 0.168 e. The summed E-state index contributed by atoms with van der Waals surface area (Å²) in [6, 6.07) is 30.1. The van der Waals surface area contributed by atoms with Crippen LogP contribution in [0.2, 0.25) is 0 Å². The van der Waals surface area contributed by atoms with E-state index >= 15 is 0 Å². The average Bonchev–Trinajstić information content (AvgIpc) is 3.32. The Morgan fingerprint density at radius 1 is 0.667 bits per heavy atom. The third-order valence-electron chi connectivity index (χ3n) is 6.43. The molecule has 4 rings (SSSR count). The minimum Gasteiger partial charge on any atom is -0.339 e. The fourth-order valence-corrected chi connectivity index (χ4v) is 9.46. The van der Waals surface area contributed by atoms with Gasteiger partial charge in [0.05, 0.1) is 6.33 Å². The summed E-state index contributed by atoms with van der Waals surface area (Å²) in [5.74, 6) is 1.32. The zero-order valence-corrected chi connectivity index (χ0v) is 21.4. The van der Waals surface area contributed by atoms with Crippen LogP contribution in [0.3, 0.4) is 0 Å². The fraction of sp³-hybridized carbons (Fsp3) is 0.300. The molecular weight excluding hydrogens is 416 g/mol. The highest BCUT2D eigenvalue weighted by molar-refractivity contribution is 7.10. The van der Waals surface area contributed by atoms with Crippen LogP contribution >= 0.6 is 0 Å². The first-order valence-corrected chi connectivity index (χ1v) is 14.4. The molecule has 4 aromatic rings. The van der Waals surface area contributed by atoms with Gasteiger partial charge in [-0.2, -0.15) is 0 Å². The van der Waals surface area contributed by atoms with Crippen molar-refractivity contribution in [1.82, 2.24) is 9.55 Å². The summed E-state index contributed by atoms with van der Waals surface area (Å²) in [5, 5.41) is 4.34. The van der Waals surface area contributed by atoms with E-state index in [1.54, 1.807) is 0 Å². The predicted octanol–water partition coefficient (Wildman–Crippen LogP) is 4.99. The molecule has 0 spiro atoms. The molecule has 0 radical (unpaired) electrons. The average molecular weight is 453 g/mol. The van der Waals surface area contributed by atoms with Crippen LogP contribution in [0.15, 0.2) is 97.6 Å². The Balaban J connectivity index is 1.89. The van der Waals surface area contributed by atoms with Gasteiger partial charge in [0, 0.05) is 18.6 Å². The molecule has 0 fully saturated rings. The molecule has 0 aliphatic rings. The van der Waals surface area contributed by atoms with Crippen molar-refractivity contribution in [2.45, 2.75) is 46.7 Å². The Morgan fingerprint density at radius 2 is 1.15 bits per heavy atom. The Labute approximate surface area is 200 Å². The largest absolute Gasteiger partial charge is 0.339 e. The van der Waals surface area contributed by atoms with Crippen LogP contribution in [0.4, 0.5) is 0 Å². The van der Waals surface area contributed by atoms with Crippen LogP contribution in [-0.2, 0) is 19.0 Å². The predicted molar refractivity (Wildman–Crippen MR) is 143 cm³/mol. The quantitative estimate of drug-likeness (QED) is 0.258. The maximum absolute atomic E-state index is 4.37. The lowest BCUT2D eigenvalue weighted by Gasteiger charge is -2.34. The molecule has 1 aromatic heterocycles. The molecule has 0 aliphatic heterocycles. The number of benzene rings is 3. The second kappa shape index (κ2) is 10.3. The number of hydrogen-bond donors (Lipinski definition) is 0. The van der Waals surface area contributed by atoms with Gasteiger partial charge in [-0.15, -0.1) is 0 Å². The zero-order chi connectivity index (χ0) is 23.3. The normalized spacial score (nSPS) is 11.9. The van der Waals surface area contributed by atoms with Crippen molar-refractivity contribution in [1.29, 1.82) is 0 Å². The van der Waals surface area contributed by atoms with E-state index in [2.05, 4.69) is 122 Å². The summed E-state index contributed by atoms with van der Waals surface area (Å²) in [6.45, 7) is 9.15. The van der Waals surface area contributed by atoms with Gasteiger partial charge < -0.3 is 4.57 Å². The Morgan fingerprint density at radius 3 is 1.58 bits per heavy atom. The molecule has 0 N–H and O–H groups in total. The van der Waals surface area contributed by atoms with E-state index in [0.29, 0.717) is 11.8 Å². The van der Waals surface area contributed by atoms with Gasteiger partial charge in [-0.1, -0.05) is 107 Å². The van der Waals surface area contributed by atoms with E-state index in [-0.39, 0.29) is 0 Å². The van der Waals surface area contributed by atoms with Gasteiger partial charge in [-0.25, -0.2) is 4.98 Å². The van der Waals surface area contributed by atoms with Crippen LogP contribution < -0.4 is 15.6 Å². The summed E-state index contributed by atoms with van der Waals surface area (Å²) in [7, 11) is -2.33. The molecule has 3 heteroatoms. The van der Waals surface area contributed by atoms with E-state index in [1.807, 2.05) is 12.5 Å². The van der Waals surface area contributed by atoms with Gasteiger partial charge in [0.2, 0.25) is 0 Å². The number of aromatic nitrogens is 2. The minimum atomic E-state index is -2.33. The lowest BCUT2D eigenvalue weighted by Crippen LogP contribution is -2.69. The van der Waals surface area contributed by atoms with Crippen LogP contribution in [0.1, 0.15) is 38.8 Å². The first-order chi connectivity index (χ1) is 16.0. The molecule has 0 atom stereocenters. The molecular formula is C30H36N2Si. The van der Waals surface area contributed by atoms with Gasteiger partial charge >= 0.3 is 0 Å². The van der Waals surface area contributed by atoms with Gasteiger partial charge in [0.1, 0.15) is 0 Å². The smallest absolute Gasteiger partial charge is 0.168 e. The third kappa shape index (κ3) is 5.36. The zero-order valence-electron chi connectivity index (χ0n) is 20.4. The molecule has 170 valence electrons. The van der Waals surface area contributed by atoms with Crippen molar-refractivity contribution in [2.75, 3.05) is 0 Å². The first-order valence-electron chi connectivity index (χ1n) is 12.2. The summed E-state index contributed by atoms with van der Waals surface area (Å²) in [4.78, 5) is 4.37. The summed E-state index contributed by atoms with van der Waals surface area (Å²) in [5.41, 5.74) is 2.83. The van der Waals surface area contributed by atoms with Gasteiger partial charge in [0.25, 0.3) is 0 Å². The van der Waals surface area contributed by atoms with Crippen LogP contribution in [0, 0.1) is 11.8 Å². The number of imidazole rings is 1. The summed E-state index contributed by atoms with van der Waals surface area (Å²) < 4.78 is 2.27. The van der Waals surface area contributed by atoms with Gasteiger partial charge in [0.15, 0.2) is 8.07 Å². The molecule has 0 amide bonds. The van der Waals surface area contributed by atoms with E-state index in [0.717, 1.165) is 19.0 Å². The van der Waals surface area contributed by atoms with Gasteiger partial charge in [-0.3, -0.25) is 0 Å². The van der Waals surface area contributed by atoms with E-state index in [9.17, 15) is 0 Å². The van der Waals surface area contributed by atoms with Crippen LogP contribution in [0.25, 0.3) is 0 Å². The number of hydrogen-bond acceptors (Lipinski definition) is 1. The Kier molecular flexibility index (Phi) is 7.29. The maximum atomic E-state index is 4.37. The van der Waals surface area contributed by atoms with E-state index in [4.69, 9.17) is 0 Å². The Hall–Kier alpha value is -2.91. The van der Waals surface area contributed by atoms with Crippen LogP contribution in [-0.4, -0.2) is 17.6 Å². The SMILES string of the molecule is CC(C)Cc1ccc([Si](Cn2ccnc2)(c2ccccc2)c2ccc(CC(C)C)cc2)cc1. The molecule has 0 saturated carbocycles. The third-order valence-corrected chi connectivity index (χ3v) is 11.2. The second-order valence-electron chi connectivity index (χ2n) is 10.1. The topological polar surface area (TPSA) is 17.8 Å². The second-order valence-corrected chi connectivity index (χ2v) is 14.0. The summed E-state index contributed by atoms with van der Waals surface area (Å²) in [6.07, 6.45) is 9.12. The fourth-order valence-electron chi connectivity index (χ4n) is 4.94. The molecule has 0 unspecified atom stereocenters. The molecule has 0 saturated heterocycles. The highest BCUT2D eigenvalue weighted by Gasteiger charge is 2.39. The number of rotatable bonds is 9. The van der Waals surface area contributed by atoms with Crippen molar-refractivity contribution in [3.05, 3.63) is 109 Å².